The highest BCUT2D eigenvalue weighted by Crippen LogP contribution is 2.19. The van der Waals surface area contributed by atoms with E-state index in [1.54, 1.807) is 0 Å². The highest BCUT2D eigenvalue weighted by atomic mass is 16.2. The average molecular weight is 315 g/mol. The van der Waals surface area contributed by atoms with Gasteiger partial charge in [0.1, 0.15) is 0 Å². The minimum atomic E-state index is -0.180. The zero-order chi connectivity index (χ0) is 16.1. The molecule has 2 saturated heterocycles. The van der Waals surface area contributed by atoms with Crippen molar-refractivity contribution in [3.05, 3.63) is 35.9 Å². The second-order valence-corrected chi connectivity index (χ2v) is 6.66. The Bertz CT molecular complexity index is 538. The fourth-order valence-electron chi connectivity index (χ4n) is 3.37. The van der Waals surface area contributed by atoms with Crippen LogP contribution in [0.3, 0.4) is 0 Å². The minimum Gasteiger partial charge on any atom is -0.356 e. The van der Waals surface area contributed by atoms with Gasteiger partial charge in [-0.15, -0.1) is 0 Å². The van der Waals surface area contributed by atoms with E-state index in [0.717, 1.165) is 39.0 Å². The molecule has 5 nitrogen and oxygen atoms in total. The monoisotopic (exact) mass is 315 g/mol. The number of nitrogens with one attached hydrogen (secondary N) is 2. The molecule has 2 fully saturated rings. The Morgan fingerprint density at radius 2 is 1.96 bits per heavy atom. The lowest BCUT2D eigenvalue weighted by molar-refractivity contribution is -0.126. The zero-order valence-corrected chi connectivity index (χ0v) is 13.5. The molecular weight excluding hydrogens is 290 g/mol. The third-order valence-corrected chi connectivity index (χ3v) is 4.87. The van der Waals surface area contributed by atoms with Gasteiger partial charge in [-0.05, 0) is 37.4 Å². The Balaban J connectivity index is 1.36. The molecule has 1 aromatic rings. The van der Waals surface area contributed by atoms with Gasteiger partial charge in [0.05, 0.1) is 5.92 Å². The van der Waals surface area contributed by atoms with Crippen LogP contribution < -0.4 is 10.6 Å². The van der Waals surface area contributed by atoms with Crippen molar-refractivity contribution in [2.75, 3.05) is 26.2 Å². The normalized spacial score (nSPS) is 22.8. The van der Waals surface area contributed by atoms with E-state index in [9.17, 15) is 9.59 Å². The molecule has 124 valence electrons. The second kappa shape index (κ2) is 7.59. The van der Waals surface area contributed by atoms with Gasteiger partial charge in [-0.2, -0.15) is 0 Å². The molecule has 0 radical (unpaired) electrons. The number of piperidine rings is 1. The standard InChI is InChI=1S/C18H25N3O2/c22-17-10-16(12-19-17)18(23)20-11-14-6-8-21(9-7-14)13-15-4-2-1-3-5-15/h1-5,14,16H,6-13H2,(H,19,22)(H,20,23). The fraction of sp³-hybridized carbons (Fsp3) is 0.556. The maximum absolute atomic E-state index is 12.0. The molecule has 1 unspecified atom stereocenters. The predicted octanol–water partition coefficient (Wildman–Crippen LogP) is 1.15. The molecule has 0 spiro atoms. The van der Waals surface area contributed by atoms with Gasteiger partial charge in [0.15, 0.2) is 0 Å². The van der Waals surface area contributed by atoms with Crippen LogP contribution in [0, 0.1) is 11.8 Å². The maximum atomic E-state index is 12.0. The van der Waals surface area contributed by atoms with Crippen LogP contribution in [0.2, 0.25) is 0 Å². The van der Waals surface area contributed by atoms with Crippen LogP contribution in [0.5, 0.6) is 0 Å². The molecule has 2 N–H and O–H groups in total. The van der Waals surface area contributed by atoms with Crippen molar-refractivity contribution in [3.8, 4) is 0 Å². The van der Waals surface area contributed by atoms with E-state index in [4.69, 9.17) is 0 Å². The lowest BCUT2D eigenvalue weighted by Crippen LogP contribution is -2.40. The Hall–Kier alpha value is -1.88. The molecule has 2 heterocycles. The van der Waals surface area contributed by atoms with E-state index >= 15 is 0 Å². The van der Waals surface area contributed by atoms with E-state index in [1.807, 2.05) is 6.07 Å². The number of carbonyl (C=O) groups is 2. The van der Waals surface area contributed by atoms with Gasteiger partial charge in [-0.1, -0.05) is 30.3 Å². The van der Waals surface area contributed by atoms with Crippen molar-refractivity contribution in [1.82, 2.24) is 15.5 Å². The number of hydrogen-bond donors (Lipinski definition) is 2. The first-order valence-electron chi connectivity index (χ1n) is 8.51. The van der Waals surface area contributed by atoms with Crippen LogP contribution in [0.4, 0.5) is 0 Å². The molecule has 0 aliphatic carbocycles. The van der Waals surface area contributed by atoms with Crippen LogP contribution in [-0.4, -0.2) is 42.9 Å². The van der Waals surface area contributed by atoms with Crippen molar-refractivity contribution >= 4 is 11.8 Å². The van der Waals surface area contributed by atoms with E-state index in [-0.39, 0.29) is 17.7 Å². The lowest BCUT2D eigenvalue weighted by atomic mass is 9.96. The number of amides is 2. The topological polar surface area (TPSA) is 61.4 Å². The van der Waals surface area contributed by atoms with Crippen molar-refractivity contribution in [2.24, 2.45) is 11.8 Å². The summed E-state index contributed by atoms with van der Waals surface area (Å²) in [5.41, 5.74) is 1.36. The summed E-state index contributed by atoms with van der Waals surface area (Å²) in [6.45, 7) is 4.40. The second-order valence-electron chi connectivity index (χ2n) is 6.66. The molecule has 23 heavy (non-hydrogen) atoms. The first-order valence-corrected chi connectivity index (χ1v) is 8.51. The van der Waals surface area contributed by atoms with Gasteiger partial charge in [0.25, 0.3) is 0 Å². The number of hydrogen-bond acceptors (Lipinski definition) is 3. The zero-order valence-electron chi connectivity index (χ0n) is 13.5. The first-order chi connectivity index (χ1) is 11.2. The van der Waals surface area contributed by atoms with Gasteiger partial charge in [0.2, 0.25) is 11.8 Å². The summed E-state index contributed by atoms with van der Waals surface area (Å²) in [5, 5.41) is 5.74. The number of benzene rings is 1. The Morgan fingerprint density at radius 1 is 1.22 bits per heavy atom. The number of carbonyl (C=O) groups excluding carboxylic acids is 2. The quantitative estimate of drug-likeness (QED) is 0.857. The SMILES string of the molecule is O=C1CC(C(=O)NCC2CCN(Cc3ccccc3)CC2)CN1. The summed E-state index contributed by atoms with van der Waals surface area (Å²) in [5.74, 6) is 0.381. The number of rotatable bonds is 5. The molecule has 2 amide bonds. The average Bonchev–Trinajstić information content (AvgIpc) is 3.01. The van der Waals surface area contributed by atoms with Crippen molar-refractivity contribution in [3.63, 3.8) is 0 Å². The lowest BCUT2D eigenvalue weighted by Gasteiger charge is -2.32. The molecule has 1 atom stereocenters. The third kappa shape index (κ3) is 4.55. The van der Waals surface area contributed by atoms with Gasteiger partial charge < -0.3 is 10.6 Å². The first kappa shape index (κ1) is 16.0. The van der Waals surface area contributed by atoms with Gasteiger partial charge >= 0.3 is 0 Å². The van der Waals surface area contributed by atoms with E-state index in [2.05, 4.69) is 39.8 Å². The molecule has 0 aromatic heterocycles. The van der Waals surface area contributed by atoms with Gasteiger partial charge in [0, 0.05) is 26.1 Å². The van der Waals surface area contributed by atoms with Crippen LogP contribution in [0.1, 0.15) is 24.8 Å². The molecule has 3 rings (SSSR count). The maximum Gasteiger partial charge on any atom is 0.225 e. The fourth-order valence-corrected chi connectivity index (χ4v) is 3.37. The Morgan fingerprint density at radius 3 is 2.61 bits per heavy atom. The Labute approximate surface area is 137 Å². The minimum absolute atomic E-state index is 0.0145. The van der Waals surface area contributed by atoms with E-state index in [0.29, 0.717) is 18.9 Å². The molecule has 0 saturated carbocycles. The summed E-state index contributed by atoms with van der Waals surface area (Å²) < 4.78 is 0. The summed E-state index contributed by atoms with van der Waals surface area (Å²) in [4.78, 5) is 25.7. The van der Waals surface area contributed by atoms with Gasteiger partial charge in [-0.25, -0.2) is 0 Å². The molecule has 0 bridgehead atoms. The Kier molecular flexibility index (Phi) is 5.28. The highest BCUT2D eigenvalue weighted by Gasteiger charge is 2.28. The van der Waals surface area contributed by atoms with E-state index in [1.165, 1.54) is 5.56 Å². The predicted molar refractivity (Wildman–Crippen MR) is 88.6 cm³/mol. The van der Waals surface area contributed by atoms with Crippen molar-refractivity contribution in [2.45, 2.75) is 25.8 Å². The molecule has 5 heteroatoms. The van der Waals surface area contributed by atoms with Crippen LogP contribution >= 0.6 is 0 Å². The molecule has 2 aliphatic rings. The summed E-state index contributed by atoms with van der Waals surface area (Å²) in [6.07, 6.45) is 2.57. The van der Waals surface area contributed by atoms with Crippen LogP contribution in [0.25, 0.3) is 0 Å². The van der Waals surface area contributed by atoms with Gasteiger partial charge in [-0.3, -0.25) is 14.5 Å². The van der Waals surface area contributed by atoms with Crippen LogP contribution in [0.15, 0.2) is 30.3 Å². The molecular formula is C18H25N3O2. The summed E-state index contributed by atoms with van der Waals surface area (Å²) >= 11 is 0. The third-order valence-electron chi connectivity index (χ3n) is 4.87. The summed E-state index contributed by atoms with van der Waals surface area (Å²) in [7, 11) is 0. The summed E-state index contributed by atoms with van der Waals surface area (Å²) in [6, 6.07) is 10.6. The molecule has 1 aromatic carbocycles. The largest absolute Gasteiger partial charge is 0.356 e. The highest BCUT2D eigenvalue weighted by molar-refractivity contribution is 5.89. The number of nitrogens with zero attached hydrogens (tertiary/aromatic N) is 1. The van der Waals surface area contributed by atoms with Crippen molar-refractivity contribution in [1.29, 1.82) is 0 Å². The van der Waals surface area contributed by atoms with Crippen LogP contribution in [-0.2, 0) is 16.1 Å². The van der Waals surface area contributed by atoms with E-state index < -0.39 is 0 Å². The van der Waals surface area contributed by atoms with Crippen molar-refractivity contribution < 1.29 is 9.59 Å². The number of likely N-dealkylation sites (tertiary alicyclic amines) is 1. The smallest absolute Gasteiger partial charge is 0.225 e. The molecule has 2 aliphatic heterocycles.